The van der Waals surface area contributed by atoms with Gasteiger partial charge in [-0.3, -0.25) is 9.69 Å². The smallest absolute Gasteiger partial charge is 0.414 e. The van der Waals surface area contributed by atoms with Crippen LogP contribution in [0, 0.1) is 17.0 Å². The van der Waals surface area contributed by atoms with E-state index in [4.69, 9.17) is 9.47 Å². The molecule has 0 radical (unpaired) electrons. The molecule has 10 nitrogen and oxygen atoms in total. The van der Waals surface area contributed by atoms with Crippen molar-refractivity contribution in [3.8, 4) is 5.75 Å². The van der Waals surface area contributed by atoms with E-state index in [2.05, 4.69) is 20.8 Å². The van der Waals surface area contributed by atoms with Crippen molar-refractivity contribution in [1.29, 1.82) is 0 Å². The number of hydrogen-bond donors (Lipinski definition) is 1. The normalized spacial score (nSPS) is 20.4. The van der Waals surface area contributed by atoms with Gasteiger partial charge in [-0.1, -0.05) is 20.8 Å². The van der Waals surface area contributed by atoms with Crippen molar-refractivity contribution < 1.29 is 33.0 Å². The zero-order valence-corrected chi connectivity index (χ0v) is 24.5. The molecule has 3 aliphatic heterocycles. The van der Waals surface area contributed by atoms with Gasteiger partial charge in [0.25, 0.3) is 0 Å². The molecular weight excluding hydrogens is 562 g/mol. The zero-order chi connectivity index (χ0) is 30.8. The molecule has 0 spiro atoms. The second-order valence-corrected chi connectivity index (χ2v) is 12.7. The molecule has 43 heavy (non-hydrogen) atoms. The summed E-state index contributed by atoms with van der Waals surface area (Å²) in [6.45, 7) is 10.1. The highest BCUT2D eigenvalue weighted by molar-refractivity contribution is 5.97. The van der Waals surface area contributed by atoms with Crippen LogP contribution in [0.5, 0.6) is 5.75 Å². The van der Waals surface area contributed by atoms with Gasteiger partial charge in [-0.25, -0.2) is 18.4 Å². The number of carbonyl (C=O) groups excluding carboxylic acids is 1. The summed E-state index contributed by atoms with van der Waals surface area (Å²) in [4.78, 5) is 42.2. The third-order valence-corrected chi connectivity index (χ3v) is 8.27. The predicted octanol–water partition coefficient (Wildman–Crippen LogP) is 5.02. The lowest BCUT2D eigenvalue weighted by atomic mass is 9.89. The van der Waals surface area contributed by atoms with E-state index < -0.39 is 34.7 Å². The first kappa shape index (κ1) is 28.8. The molecule has 2 saturated heterocycles. The molecule has 3 aromatic rings. The summed E-state index contributed by atoms with van der Waals surface area (Å²) in [6.07, 6.45) is 1.25. The van der Waals surface area contributed by atoms with Crippen LogP contribution < -0.4 is 24.9 Å². The highest BCUT2D eigenvalue weighted by atomic mass is 19.1. The summed E-state index contributed by atoms with van der Waals surface area (Å²) < 4.78 is 44.1. The monoisotopic (exact) mass is 596 g/mol. The van der Waals surface area contributed by atoms with Crippen molar-refractivity contribution in [3.05, 3.63) is 57.9 Å². The second-order valence-electron chi connectivity index (χ2n) is 12.7. The zero-order valence-electron chi connectivity index (χ0n) is 24.5. The molecule has 6 rings (SSSR count). The van der Waals surface area contributed by atoms with Crippen LogP contribution in [-0.2, 0) is 4.74 Å². The number of ether oxygens (including phenoxy) is 2. The van der Waals surface area contributed by atoms with Crippen molar-refractivity contribution in [2.45, 2.75) is 46.3 Å². The Morgan fingerprint density at radius 2 is 1.74 bits per heavy atom. The minimum atomic E-state index is -1.37. The summed E-state index contributed by atoms with van der Waals surface area (Å²) in [6, 6.07) is 5.52. The molecule has 0 saturated carbocycles. The number of halogens is 2. The van der Waals surface area contributed by atoms with Crippen molar-refractivity contribution >= 4 is 40.0 Å². The highest BCUT2D eigenvalue weighted by Gasteiger charge is 2.36. The molecule has 1 aromatic heterocycles. The van der Waals surface area contributed by atoms with Crippen molar-refractivity contribution in [1.82, 2.24) is 4.57 Å². The Labute approximate surface area is 247 Å². The number of pyridine rings is 1. The summed E-state index contributed by atoms with van der Waals surface area (Å²) in [5, 5.41) is 9.47. The third-order valence-electron chi connectivity index (χ3n) is 8.27. The molecule has 0 bridgehead atoms. The topological polar surface area (TPSA) is 105 Å². The Kier molecular flexibility index (Phi) is 6.97. The molecule has 1 amide bonds. The van der Waals surface area contributed by atoms with Gasteiger partial charge in [-0.05, 0) is 43.0 Å². The van der Waals surface area contributed by atoms with Crippen LogP contribution in [-0.4, -0.2) is 67.2 Å². The lowest BCUT2D eigenvalue weighted by Gasteiger charge is -2.39. The number of aromatic nitrogens is 1. The first-order valence-corrected chi connectivity index (χ1v) is 14.4. The number of piperazine rings is 1. The molecule has 2 atom stereocenters. The Morgan fingerprint density at radius 1 is 1.05 bits per heavy atom. The standard InChI is InChI=1S/C31H34F2N4O6/c1-17-16-42-28-25-20(27(38)21(29(39)40)15-36(17)25)12-23(33)26(28)35-9-7-34(8-10-35)24-6-5-18(11-22(24)32)37-14-19(43-30(37)41)13-31(2,3)4/h5-6,11-12,15,17,19H,7-10,13-14,16H2,1-4H3,(H,39,40)/t17?,19-/m1/s1. The van der Waals surface area contributed by atoms with E-state index in [9.17, 15) is 19.5 Å². The lowest BCUT2D eigenvalue weighted by Crippen LogP contribution is -2.47. The van der Waals surface area contributed by atoms with Gasteiger partial charge in [-0.15, -0.1) is 0 Å². The minimum Gasteiger partial charge on any atom is -0.487 e. The molecule has 0 aliphatic carbocycles. The van der Waals surface area contributed by atoms with E-state index in [1.54, 1.807) is 21.6 Å². The molecular formula is C31H34F2N4O6. The van der Waals surface area contributed by atoms with Crippen LogP contribution in [0.2, 0.25) is 0 Å². The first-order valence-electron chi connectivity index (χ1n) is 14.4. The number of amides is 1. The summed E-state index contributed by atoms with van der Waals surface area (Å²) in [7, 11) is 0. The molecule has 3 aliphatic rings. The van der Waals surface area contributed by atoms with Gasteiger partial charge in [-0.2, -0.15) is 0 Å². The number of carboxylic acids is 1. The van der Waals surface area contributed by atoms with Gasteiger partial charge in [0.15, 0.2) is 11.6 Å². The van der Waals surface area contributed by atoms with Gasteiger partial charge in [0.1, 0.15) is 29.8 Å². The first-order chi connectivity index (χ1) is 20.3. The molecule has 4 heterocycles. The van der Waals surface area contributed by atoms with Crippen LogP contribution in [0.25, 0.3) is 10.9 Å². The number of anilines is 3. The second kappa shape index (κ2) is 10.4. The number of carbonyl (C=O) groups is 2. The summed E-state index contributed by atoms with van der Waals surface area (Å²) in [5.74, 6) is -2.33. The van der Waals surface area contributed by atoms with Crippen LogP contribution in [0.4, 0.5) is 30.6 Å². The van der Waals surface area contributed by atoms with E-state index in [0.717, 1.165) is 6.07 Å². The maximum atomic E-state index is 15.6. The van der Waals surface area contributed by atoms with Crippen LogP contribution in [0.3, 0.4) is 0 Å². The number of benzene rings is 2. The lowest BCUT2D eigenvalue weighted by molar-refractivity contribution is 0.0694. The fourth-order valence-electron chi connectivity index (χ4n) is 6.27. The molecule has 2 aromatic carbocycles. The van der Waals surface area contributed by atoms with Crippen molar-refractivity contribution in [2.24, 2.45) is 5.41 Å². The average molecular weight is 597 g/mol. The molecule has 2 fully saturated rings. The Morgan fingerprint density at radius 3 is 2.40 bits per heavy atom. The van der Waals surface area contributed by atoms with Crippen LogP contribution >= 0.6 is 0 Å². The fraction of sp³-hybridized carbons (Fsp3) is 0.452. The van der Waals surface area contributed by atoms with E-state index in [1.807, 2.05) is 11.8 Å². The number of aromatic carboxylic acids is 1. The maximum Gasteiger partial charge on any atom is 0.414 e. The van der Waals surface area contributed by atoms with Gasteiger partial charge in [0, 0.05) is 32.4 Å². The van der Waals surface area contributed by atoms with Gasteiger partial charge >= 0.3 is 12.1 Å². The minimum absolute atomic E-state index is 0.0136. The van der Waals surface area contributed by atoms with E-state index >= 15 is 8.78 Å². The fourth-order valence-corrected chi connectivity index (χ4v) is 6.27. The predicted molar refractivity (Wildman–Crippen MR) is 158 cm³/mol. The SMILES string of the molecule is CC1COc2c(N3CCN(c4ccc(N5C[C@@H](CC(C)(C)C)OC5=O)cc4F)CC3)c(F)cc3c(=O)c(C(=O)O)cn1c23. The van der Waals surface area contributed by atoms with Crippen LogP contribution in [0.15, 0.2) is 35.3 Å². The van der Waals surface area contributed by atoms with Crippen LogP contribution in [0.1, 0.15) is 50.5 Å². The average Bonchev–Trinajstić information content (AvgIpc) is 3.29. The quantitative estimate of drug-likeness (QED) is 0.438. The Balaban J connectivity index is 1.22. The molecule has 1 unspecified atom stereocenters. The summed E-state index contributed by atoms with van der Waals surface area (Å²) >= 11 is 0. The number of rotatable bonds is 5. The molecule has 1 N–H and O–H groups in total. The number of carboxylic acid groups (broad SMARTS) is 1. The third kappa shape index (κ3) is 5.12. The van der Waals surface area contributed by atoms with Crippen molar-refractivity contribution in [3.63, 3.8) is 0 Å². The van der Waals surface area contributed by atoms with E-state index in [-0.39, 0.29) is 41.0 Å². The number of hydrogen-bond acceptors (Lipinski definition) is 7. The van der Waals surface area contributed by atoms with Gasteiger partial charge in [0.2, 0.25) is 5.43 Å². The van der Waals surface area contributed by atoms with Crippen molar-refractivity contribution in [2.75, 3.05) is 54.0 Å². The largest absolute Gasteiger partial charge is 0.487 e. The number of cyclic esters (lactones) is 1. The summed E-state index contributed by atoms with van der Waals surface area (Å²) in [5.41, 5.74) is 0.166. The maximum absolute atomic E-state index is 15.6. The van der Waals surface area contributed by atoms with E-state index in [1.165, 1.54) is 17.2 Å². The number of nitrogens with zero attached hydrogens (tertiary/aromatic N) is 4. The van der Waals surface area contributed by atoms with Gasteiger partial charge in [0.05, 0.1) is 34.9 Å². The Hall–Kier alpha value is -4.35. The Bertz CT molecular complexity index is 1690. The van der Waals surface area contributed by atoms with Gasteiger partial charge < -0.3 is 28.9 Å². The molecule has 228 valence electrons. The molecule has 12 heteroatoms. The van der Waals surface area contributed by atoms with E-state index in [0.29, 0.717) is 56.0 Å². The highest BCUT2D eigenvalue weighted by Crippen LogP contribution is 2.42.